The van der Waals surface area contributed by atoms with E-state index in [1.807, 2.05) is 0 Å². The van der Waals surface area contributed by atoms with E-state index >= 15 is 0 Å². The third kappa shape index (κ3) is 3.47. The van der Waals surface area contributed by atoms with Crippen LogP contribution in [0, 0.1) is 17.0 Å². The maximum Gasteiger partial charge on any atom is 0.273 e. The zero-order valence-corrected chi connectivity index (χ0v) is 13.8. The molecule has 0 saturated heterocycles. The van der Waals surface area contributed by atoms with E-state index in [2.05, 4.69) is 0 Å². The Kier molecular flexibility index (Phi) is 5.18. The van der Waals surface area contributed by atoms with Crippen molar-refractivity contribution in [3.05, 3.63) is 33.9 Å². The van der Waals surface area contributed by atoms with E-state index in [1.165, 1.54) is 16.4 Å². The Morgan fingerprint density at radius 2 is 1.77 bits per heavy atom. The summed E-state index contributed by atoms with van der Waals surface area (Å²) in [5.41, 5.74) is 0.302. The molecular formula is C15H22N2O4S. The van der Waals surface area contributed by atoms with E-state index in [-0.39, 0.29) is 16.6 Å². The molecular weight excluding hydrogens is 304 g/mol. The Bertz CT molecular complexity index is 650. The van der Waals surface area contributed by atoms with Gasteiger partial charge in [0, 0.05) is 24.7 Å². The van der Waals surface area contributed by atoms with E-state index in [9.17, 15) is 18.5 Å². The molecule has 0 aromatic heterocycles. The number of nitro groups is 1. The number of hydrogen-bond donors (Lipinski definition) is 0. The molecule has 6 nitrogen and oxygen atoms in total. The molecule has 0 amide bonds. The molecule has 1 aromatic rings. The number of nitrogens with zero attached hydrogens (tertiary/aromatic N) is 2. The van der Waals surface area contributed by atoms with Gasteiger partial charge in [-0.05, 0) is 25.8 Å². The molecule has 0 N–H and O–H groups in total. The van der Waals surface area contributed by atoms with E-state index < -0.39 is 14.9 Å². The lowest BCUT2D eigenvalue weighted by molar-refractivity contribution is -0.385. The van der Waals surface area contributed by atoms with Crippen molar-refractivity contribution < 1.29 is 13.3 Å². The standard InChI is InChI=1S/C15H22N2O4S/c1-12-9-10-14(11-15(12)17(18)19)22(20,21)16(2)13-7-5-3-4-6-8-13/h9-11,13H,3-8H2,1-2H3. The maximum atomic E-state index is 12.7. The van der Waals surface area contributed by atoms with Crippen LogP contribution in [-0.2, 0) is 10.0 Å². The summed E-state index contributed by atoms with van der Waals surface area (Å²) in [5, 5.41) is 11.0. The first-order chi connectivity index (χ1) is 10.3. The van der Waals surface area contributed by atoms with Crippen molar-refractivity contribution >= 4 is 15.7 Å². The van der Waals surface area contributed by atoms with Gasteiger partial charge in [-0.15, -0.1) is 0 Å². The third-order valence-electron chi connectivity index (χ3n) is 4.39. The van der Waals surface area contributed by atoms with Gasteiger partial charge in [0.1, 0.15) is 0 Å². The number of nitro benzene ring substituents is 1. The molecule has 0 heterocycles. The summed E-state index contributed by atoms with van der Waals surface area (Å²) < 4.78 is 26.9. The first-order valence-corrected chi connectivity index (χ1v) is 9.01. The average Bonchev–Trinajstić information content (AvgIpc) is 2.75. The third-order valence-corrected chi connectivity index (χ3v) is 6.30. The number of hydrogen-bond acceptors (Lipinski definition) is 4. The lowest BCUT2D eigenvalue weighted by Crippen LogP contribution is -2.36. The van der Waals surface area contributed by atoms with Gasteiger partial charge in [-0.2, -0.15) is 4.31 Å². The highest BCUT2D eigenvalue weighted by molar-refractivity contribution is 7.89. The van der Waals surface area contributed by atoms with Crippen LogP contribution in [0.3, 0.4) is 0 Å². The summed E-state index contributed by atoms with van der Waals surface area (Å²) in [6, 6.07) is 4.09. The Morgan fingerprint density at radius 3 is 2.32 bits per heavy atom. The summed E-state index contributed by atoms with van der Waals surface area (Å²) >= 11 is 0. The fraction of sp³-hybridized carbons (Fsp3) is 0.600. The lowest BCUT2D eigenvalue weighted by atomic mass is 10.1. The molecule has 1 aromatic carbocycles. The van der Waals surface area contributed by atoms with Crippen LogP contribution in [0.25, 0.3) is 0 Å². The van der Waals surface area contributed by atoms with Crippen LogP contribution in [0.2, 0.25) is 0 Å². The lowest BCUT2D eigenvalue weighted by Gasteiger charge is -2.26. The second-order valence-electron chi connectivity index (χ2n) is 5.87. The minimum Gasteiger partial charge on any atom is -0.258 e. The van der Waals surface area contributed by atoms with E-state index in [1.54, 1.807) is 14.0 Å². The molecule has 2 rings (SSSR count). The summed E-state index contributed by atoms with van der Waals surface area (Å²) in [6.45, 7) is 1.60. The highest BCUT2D eigenvalue weighted by Gasteiger charge is 2.29. The Hall–Kier alpha value is -1.47. The summed E-state index contributed by atoms with van der Waals surface area (Å²) in [4.78, 5) is 10.5. The van der Waals surface area contributed by atoms with Crippen molar-refractivity contribution in [1.29, 1.82) is 0 Å². The van der Waals surface area contributed by atoms with Crippen LogP contribution in [0.1, 0.15) is 44.1 Å². The molecule has 0 atom stereocenters. The van der Waals surface area contributed by atoms with Gasteiger partial charge in [-0.1, -0.05) is 31.7 Å². The minimum absolute atomic E-state index is 0.00320. The normalized spacial score (nSPS) is 17.4. The molecule has 0 bridgehead atoms. The Balaban J connectivity index is 2.33. The highest BCUT2D eigenvalue weighted by atomic mass is 32.2. The first-order valence-electron chi connectivity index (χ1n) is 7.57. The van der Waals surface area contributed by atoms with Gasteiger partial charge in [0.05, 0.1) is 9.82 Å². The topological polar surface area (TPSA) is 80.5 Å². The second-order valence-corrected chi connectivity index (χ2v) is 7.87. The summed E-state index contributed by atoms with van der Waals surface area (Å²) in [5.74, 6) is 0. The SMILES string of the molecule is Cc1ccc(S(=O)(=O)N(C)C2CCCCCC2)cc1[N+](=O)[O-]. The predicted molar refractivity (Wildman–Crippen MR) is 84.3 cm³/mol. The van der Waals surface area contributed by atoms with Crippen LogP contribution in [-0.4, -0.2) is 30.7 Å². The zero-order valence-electron chi connectivity index (χ0n) is 13.0. The fourth-order valence-corrected chi connectivity index (χ4v) is 4.37. The van der Waals surface area contributed by atoms with Crippen molar-refractivity contribution in [2.24, 2.45) is 0 Å². The van der Waals surface area contributed by atoms with Gasteiger partial charge < -0.3 is 0 Å². The van der Waals surface area contributed by atoms with E-state index in [0.717, 1.165) is 44.6 Å². The number of rotatable bonds is 4. The summed E-state index contributed by atoms with van der Waals surface area (Å²) in [6.07, 6.45) is 6.03. The van der Waals surface area contributed by atoms with Crippen LogP contribution in [0.4, 0.5) is 5.69 Å². The van der Waals surface area contributed by atoms with Gasteiger partial charge in [-0.25, -0.2) is 8.42 Å². The van der Waals surface area contributed by atoms with Crippen molar-refractivity contribution in [3.8, 4) is 0 Å². The van der Waals surface area contributed by atoms with Crippen LogP contribution >= 0.6 is 0 Å². The fourth-order valence-electron chi connectivity index (χ4n) is 2.93. The van der Waals surface area contributed by atoms with Gasteiger partial charge in [0.15, 0.2) is 0 Å². The highest BCUT2D eigenvalue weighted by Crippen LogP contribution is 2.28. The summed E-state index contributed by atoms with van der Waals surface area (Å²) in [7, 11) is -2.12. The van der Waals surface area contributed by atoms with Gasteiger partial charge in [0.2, 0.25) is 10.0 Å². The smallest absolute Gasteiger partial charge is 0.258 e. The minimum atomic E-state index is -3.70. The van der Waals surface area contributed by atoms with Crippen LogP contribution < -0.4 is 0 Å². The average molecular weight is 326 g/mol. The quantitative estimate of drug-likeness (QED) is 0.483. The molecule has 1 aliphatic rings. The molecule has 122 valence electrons. The molecule has 7 heteroatoms. The number of sulfonamides is 1. The predicted octanol–water partition coefficient (Wildman–Crippen LogP) is 3.25. The van der Waals surface area contributed by atoms with E-state index in [4.69, 9.17) is 0 Å². The van der Waals surface area contributed by atoms with Crippen molar-refractivity contribution in [2.45, 2.75) is 56.4 Å². The molecule has 1 saturated carbocycles. The number of aryl methyl sites for hydroxylation is 1. The van der Waals surface area contributed by atoms with E-state index in [0.29, 0.717) is 5.56 Å². The molecule has 22 heavy (non-hydrogen) atoms. The second kappa shape index (κ2) is 6.75. The van der Waals surface area contributed by atoms with Gasteiger partial charge >= 0.3 is 0 Å². The Labute approximate surface area is 131 Å². The number of benzene rings is 1. The maximum absolute atomic E-state index is 12.7. The molecule has 1 fully saturated rings. The molecule has 1 aliphatic carbocycles. The molecule has 0 radical (unpaired) electrons. The zero-order chi connectivity index (χ0) is 16.3. The molecule has 0 spiro atoms. The van der Waals surface area contributed by atoms with Gasteiger partial charge in [-0.3, -0.25) is 10.1 Å². The van der Waals surface area contributed by atoms with Crippen molar-refractivity contribution in [3.63, 3.8) is 0 Å². The monoisotopic (exact) mass is 326 g/mol. The van der Waals surface area contributed by atoms with Crippen LogP contribution in [0.15, 0.2) is 23.1 Å². The molecule has 0 aliphatic heterocycles. The molecule has 0 unspecified atom stereocenters. The van der Waals surface area contributed by atoms with Gasteiger partial charge in [0.25, 0.3) is 5.69 Å². The van der Waals surface area contributed by atoms with Crippen molar-refractivity contribution in [1.82, 2.24) is 4.31 Å². The Morgan fingerprint density at radius 1 is 1.18 bits per heavy atom. The first kappa shape index (κ1) is 16.9. The van der Waals surface area contributed by atoms with Crippen molar-refractivity contribution in [2.75, 3.05) is 7.05 Å². The van der Waals surface area contributed by atoms with Crippen LogP contribution in [0.5, 0.6) is 0 Å². The largest absolute Gasteiger partial charge is 0.273 e.